The smallest absolute Gasteiger partial charge is 0.254 e. The molecule has 0 aliphatic carbocycles. The number of morpholine rings is 1. The zero-order valence-electron chi connectivity index (χ0n) is 14.2. The minimum atomic E-state index is -3.71. The predicted molar refractivity (Wildman–Crippen MR) is 89.6 cm³/mol. The van der Waals surface area contributed by atoms with E-state index in [4.69, 9.17) is 9.47 Å². The summed E-state index contributed by atoms with van der Waals surface area (Å²) >= 11 is 0. The summed E-state index contributed by atoms with van der Waals surface area (Å²) in [5.74, 6) is -0.169. The molecule has 7 nitrogen and oxygen atoms in total. The van der Waals surface area contributed by atoms with E-state index in [1.54, 1.807) is 24.8 Å². The maximum atomic E-state index is 12.7. The Kier molecular flexibility index (Phi) is 6.34. The van der Waals surface area contributed by atoms with Gasteiger partial charge >= 0.3 is 0 Å². The third-order valence-corrected chi connectivity index (χ3v) is 5.41. The molecular weight excluding hydrogens is 332 g/mol. The summed E-state index contributed by atoms with van der Waals surface area (Å²) in [6.07, 6.45) is 0. The van der Waals surface area contributed by atoms with Gasteiger partial charge in [-0.1, -0.05) is 6.07 Å². The average Bonchev–Trinajstić information content (AvgIpc) is 2.55. The van der Waals surface area contributed by atoms with E-state index in [0.717, 1.165) is 5.56 Å². The Morgan fingerprint density at radius 1 is 1.38 bits per heavy atom. The standard InChI is InChI=1S/C16H24N2O5S/c1-12-4-5-14(24(20,21)17-13(2)11-22-3)10-15(12)16(19)18-6-8-23-9-7-18/h4-5,10,13,17H,6-9,11H2,1-3H3/t13-/m1/s1. The number of hydrogen-bond acceptors (Lipinski definition) is 5. The molecule has 8 heteroatoms. The molecule has 2 rings (SSSR count). The first-order chi connectivity index (χ1) is 11.3. The second-order valence-electron chi connectivity index (χ2n) is 5.86. The van der Waals surface area contributed by atoms with Gasteiger partial charge in [0.25, 0.3) is 5.91 Å². The van der Waals surface area contributed by atoms with Crippen LogP contribution in [0.4, 0.5) is 0 Å². The summed E-state index contributed by atoms with van der Waals surface area (Å²) in [6, 6.07) is 4.24. The Bertz CT molecular complexity index is 684. The molecule has 134 valence electrons. The van der Waals surface area contributed by atoms with Crippen LogP contribution in [0.15, 0.2) is 23.1 Å². The van der Waals surface area contributed by atoms with Gasteiger partial charge in [0.15, 0.2) is 0 Å². The van der Waals surface area contributed by atoms with E-state index >= 15 is 0 Å². The van der Waals surface area contributed by atoms with E-state index in [-0.39, 0.29) is 23.5 Å². The fraction of sp³-hybridized carbons (Fsp3) is 0.562. The van der Waals surface area contributed by atoms with Crippen molar-refractivity contribution in [3.8, 4) is 0 Å². The molecule has 1 amide bonds. The molecule has 1 aliphatic heterocycles. The van der Waals surface area contributed by atoms with E-state index in [1.807, 2.05) is 0 Å². The Hall–Kier alpha value is -1.48. The first-order valence-electron chi connectivity index (χ1n) is 7.84. The van der Waals surface area contributed by atoms with Crippen LogP contribution in [0.1, 0.15) is 22.8 Å². The molecule has 0 aromatic heterocycles. The number of ether oxygens (including phenoxy) is 2. The summed E-state index contributed by atoms with van der Waals surface area (Å²) in [4.78, 5) is 14.4. The van der Waals surface area contributed by atoms with E-state index in [1.165, 1.54) is 19.2 Å². The Balaban J connectivity index is 2.25. The summed E-state index contributed by atoms with van der Waals surface area (Å²) < 4.78 is 37.7. The van der Waals surface area contributed by atoms with Crippen LogP contribution in [0.5, 0.6) is 0 Å². The van der Waals surface area contributed by atoms with Crippen molar-refractivity contribution < 1.29 is 22.7 Å². The fourth-order valence-electron chi connectivity index (χ4n) is 2.55. The van der Waals surface area contributed by atoms with Gasteiger partial charge in [0.1, 0.15) is 0 Å². The topological polar surface area (TPSA) is 84.9 Å². The summed E-state index contributed by atoms with van der Waals surface area (Å²) in [5.41, 5.74) is 1.15. The largest absolute Gasteiger partial charge is 0.383 e. The maximum absolute atomic E-state index is 12.7. The van der Waals surface area contributed by atoms with Crippen LogP contribution >= 0.6 is 0 Å². The quantitative estimate of drug-likeness (QED) is 0.814. The van der Waals surface area contributed by atoms with Gasteiger partial charge in [-0.15, -0.1) is 0 Å². The first kappa shape index (κ1) is 18.9. The molecule has 1 aromatic carbocycles. The van der Waals surface area contributed by atoms with Crippen LogP contribution in [0.3, 0.4) is 0 Å². The summed E-state index contributed by atoms with van der Waals surface area (Å²) in [6.45, 7) is 5.80. The molecule has 1 fully saturated rings. The van der Waals surface area contributed by atoms with Gasteiger partial charge in [0.05, 0.1) is 24.7 Å². The molecule has 0 spiro atoms. The van der Waals surface area contributed by atoms with Crippen LogP contribution < -0.4 is 4.72 Å². The number of methoxy groups -OCH3 is 1. The zero-order valence-corrected chi connectivity index (χ0v) is 15.1. The highest BCUT2D eigenvalue weighted by atomic mass is 32.2. The molecule has 1 saturated heterocycles. The van der Waals surface area contributed by atoms with E-state index in [2.05, 4.69) is 4.72 Å². The van der Waals surface area contributed by atoms with Gasteiger partial charge in [-0.3, -0.25) is 4.79 Å². The number of nitrogens with one attached hydrogen (secondary N) is 1. The summed E-state index contributed by atoms with van der Waals surface area (Å²) in [7, 11) is -2.20. The van der Waals surface area contributed by atoms with Crippen molar-refractivity contribution in [1.82, 2.24) is 9.62 Å². The lowest BCUT2D eigenvalue weighted by molar-refractivity contribution is 0.0302. The molecule has 1 aromatic rings. The fourth-order valence-corrected chi connectivity index (χ4v) is 3.81. The van der Waals surface area contributed by atoms with Gasteiger partial charge in [-0.2, -0.15) is 0 Å². The van der Waals surface area contributed by atoms with Crippen LogP contribution in [0, 0.1) is 6.92 Å². The van der Waals surface area contributed by atoms with E-state index in [0.29, 0.717) is 31.9 Å². The molecule has 0 saturated carbocycles. The van der Waals surface area contributed by atoms with Crippen molar-refractivity contribution in [3.05, 3.63) is 29.3 Å². The molecular formula is C16H24N2O5S. The Morgan fingerprint density at radius 2 is 2.04 bits per heavy atom. The highest BCUT2D eigenvalue weighted by Gasteiger charge is 2.23. The van der Waals surface area contributed by atoms with Crippen LogP contribution in [0.25, 0.3) is 0 Å². The van der Waals surface area contributed by atoms with Crippen molar-refractivity contribution in [1.29, 1.82) is 0 Å². The lowest BCUT2D eigenvalue weighted by atomic mass is 10.1. The van der Waals surface area contributed by atoms with Gasteiger partial charge in [-0.25, -0.2) is 13.1 Å². The van der Waals surface area contributed by atoms with Crippen molar-refractivity contribution in [3.63, 3.8) is 0 Å². The Morgan fingerprint density at radius 3 is 2.67 bits per heavy atom. The summed E-state index contributed by atoms with van der Waals surface area (Å²) in [5, 5.41) is 0. The number of carbonyl (C=O) groups is 1. The molecule has 0 bridgehead atoms. The molecule has 0 radical (unpaired) electrons. The third-order valence-electron chi connectivity index (χ3n) is 3.82. The van der Waals surface area contributed by atoms with E-state index in [9.17, 15) is 13.2 Å². The minimum absolute atomic E-state index is 0.0765. The second-order valence-corrected chi connectivity index (χ2v) is 7.57. The van der Waals surface area contributed by atoms with E-state index < -0.39 is 10.0 Å². The van der Waals surface area contributed by atoms with Crippen molar-refractivity contribution >= 4 is 15.9 Å². The van der Waals surface area contributed by atoms with Gasteiger partial charge in [-0.05, 0) is 31.5 Å². The van der Waals surface area contributed by atoms with Gasteiger partial charge in [0.2, 0.25) is 10.0 Å². The number of rotatable bonds is 6. The normalized spacial score (nSPS) is 16.9. The monoisotopic (exact) mass is 356 g/mol. The van der Waals surface area contributed by atoms with Gasteiger partial charge < -0.3 is 14.4 Å². The highest BCUT2D eigenvalue weighted by Crippen LogP contribution is 2.18. The van der Waals surface area contributed by atoms with Gasteiger partial charge in [0, 0.05) is 31.8 Å². The lowest BCUT2D eigenvalue weighted by Crippen LogP contribution is -2.41. The molecule has 1 heterocycles. The number of benzene rings is 1. The number of nitrogens with zero attached hydrogens (tertiary/aromatic N) is 1. The number of aryl methyl sites for hydroxylation is 1. The SMILES string of the molecule is COC[C@@H](C)NS(=O)(=O)c1ccc(C)c(C(=O)N2CCOCC2)c1. The highest BCUT2D eigenvalue weighted by molar-refractivity contribution is 7.89. The number of hydrogen-bond donors (Lipinski definition) is 1. The number of sulfonamides is 1. The maximum Gasteiger partial charge on any atom is 0.254 e. The molecule has 1 N–H and O–H groups in total. The third kappa shape index (κ3) is 4.54. The molecule has 1 aliphatic rings. The van der Waals surface area contributed by atoms with Crippen LogP contribution in [-0.4, -0.2) is 65.3 Å². The first-order valence-corrected chi connectivity index (χ1v) is 9.32. The van der Waals surface area contributed by atoms with Crippen molar-refractivity contribution in [2.75, 3.05) is 40.0 Å². The molecule has 1 atom stereocenters. The number of amides is 1. The Labute approximate surface area is 143 Å². The average molecular weight is 356 g/mol. The van der Waals surface area contributed by atoms with Crippen molar-refractivity contribution in [2.24, 2.45) is 0 Å². The number of carbonyl (C=O) groups excluding carboxylic acids is 1. The predicted octanol–water partition coefficient (Wildman–Crippen LogP) is 0.781. The lowest BCUT2D eigenvalue weighted by Gasteiger charge is -2.27. The molecule has 24 heavy (non-hydrogen) atoms. The second kappa shape index (κ2) is 8.06. The minimum Gasteiger partial charge on any atom is -0.383 e. The zero-order chi connectivity index (χ0) is 17.7. The van der Waals surface area contributed by atoms with Crippen LogP contribution in [-0.2, 0) is 19.5 Å². The van der Waals surface area contributed by atoms with Crippen LogP contribution in [0.2, 0.25) is 0 Å². The molecule has 0 unspecified atom stereocenters. The van der Waals surface area contributed by atoms with Crippen molar-refractivity contribution in [2.45, 2.75) is 24.8 Å².